The number of ether oxygens (including phenoxy) is 1. The standard InChI is InChI=1S/C19H26N2O3/c1-14-4-5-18(10-15(14)2)24-13-19(22)6-8-21(9-7-19)11-17-12-23-16(3)20-17/h4-5,10,12,22H,6-9,11,13H2,1-3H3. The molecule has 2 heterocycles. The van der Waals surface area contributed by atoms with Crippen molar-refractivity contribution in [3.8, 4) is 5.75 Å². The highest BCUT2D eigenvalue weighted by atomic mass is 16.5. The molecule has 0 unspecified atom stereocenters. The van der Waals surface area contributed by atoms with E-state index in [1.165, 1.54) is 11.1 Å². The van der Waals surface area contributed by atoms with Crippen LogP contribution in [0.1, 0.15) is 35.6 Å². The van der Waals surface area contributed by atoms with Crippen LogP contribution in [-0.2, 0) is 6.54 Å². The van der Waals surface area contributed by atoms with Crippen molar-refractivity contribution in [3.63, 3.8) is 0 Å². The highest BCUT2D eigenvalue weighted by Gasteiger charge is 2.33. The van der Waals surface area contributed by atoms with Gasteiger partial charge < -0.3 is 14.3 Å². The molecule has 1 N–H and O–H groups in total. The van der Waals surface area contributed by atoms with Gasteiger partial charge in [0.15, 0.2) is 5.89 Å². The molecule has 1 aliphatic heterocycles. The topological polar surface area (TPSA) is 58.7 Å². The number of oxazole rings is 1. The Balaban J connectivity index is 1.49. The highest BCUT2D eigenvalue weighted by Crippen LogP contribution is 2.25. The lowest BCUT2D eigenvalue weighted by Crippen LogP contribution is -2.47. The monoisotopic (exact) mass is 330 g/mol. The largest absolute Gasteiger partial charge is 0.491 e. The van der Waals surface area contributed by atoms with Crippen LogP contribution in [0.4, 0.5) is 0 Å². The van der Waals surface area contributed by atoms with E-state index < -0.39 is 5.60 Å². The van der Waals surface area contributed by atoms with Crippen molar-refractivity contribution in [3.05, 3.63) is 47.2 Å². The maximum atomic E-state index is 10.8. The number of likely N-dealkylation sites (tertiary alicyclic amines) is 1. The Morgan fingerprint density at radius 2 is 1.96 bits per heavy atom. The number of aryl methyl sites for hydroxylation is 3. The molecule has 1 saturated heterocycles. The second kappa shape index (κ2) is 6.95. The lowest BCUT2D eigenvalue weighted by atomic mass is 9.92. The average molecular weight is 330 g/mol. The van der Waals surface area contributed by atoms with Crippen molar-refractivity contribution in [1.82, 2.24) is 9.88 Å². The number of benzene rings is 1. The van der Waals surface area contributed by atoms with Crippen molar-refractivity contribution in [2.75, 3.05) is 19.7 Å². The van der Waals surface area contributed by atoms with Gasteiger partial charge in [0.1, 0.15) is 24.2 Å². The molecule has 2 aromatic rings. The summed E-state index contributed by atoms with van der Waals surface area (Å²) in [5, 5.41) is 10.8. The van der Waals surface area contributed by atoms with Crippen LogP contribution in [0.3, 0.4) is 0 Å². The summed E-state index contributed by atoms with van der Waals surface area (Å²) >= 11 is 0. The number of hydrogen-bond donors (Lipinski definition) is 1. The molecule has 5 nitrogen and oxygen atoms in total. The molecule has 0 spiro atoms. The Morgan fingerprint density at radius 1 is 1.21 bits per heavy atom. The Labute approximate surface area is 143 Å². The summed E-state index contributed by atoms with van der Waals surface area (Å²) in [5.74, 6) is 1.52. The van der Waals surface area contributed by atoms with E-state index in [2.05, 4.69) is 29.8 Å². The van der Waals surface area contributed by atoms with Gasteiger partial charge >= 0.3 is 0 Å². The number of aliphatic hydroxyl groups is 1. The van der Waals surface area contributed by atoms with Gasteiger partial charge in [-0.05, 0) is 49.9 Å². The molecule has 0 atom stereocenters. The van der Waals surface area contributed by atoms with Gasteiger partial charge in [-0.2, -0.15) is 0 Å². The first-order valence-corrected chi connectivity index (χ1v) is 8.49. The SMILES string of the molecule is Cc1nc(CN2CCC(O)(COc3ccc(C)c(C)c3)CC2)co1. The van der Waals surface area contributed by atoms with Crippen LogP contribution in [0, 0.1) is 20.8 Å². The third kappa shape index (κ3) is 4.16. The van der Waals surface area contributed by atoms with Gasteiger partial charge in [-0.15, -0.1) is 0 Å². The maximum absolute atomic E-state index is 10.8. The zero-order chi connectivity index (χ0) is 17.2. The predicted molar refractivity (Wildman–Crippen MR) is 92.1 cm³/mol. The minimum Gasteiger partial charge on any atom is -0.491 e. The molecule has 1 aliphatic rings. The summed E-state index contributed by atoms with van der Waals surface area (Å²) in [6.07, 6.45) is 3.11. The zero-order valence-electron chi connectivity index (χ0n) is 14.7. The number of rotatable bonds is 5. The molecular formula is C19H26N2O3. The van der Waals surface area contributed by atoms with Crippen molar-refractivity contribution >= 4 is 0 Å². The molecule has 1 aromatic heterocycles. The molecule has 0 saturated carbocycles. The third-order valence-electron chi connectivity index (χ3n) is 4.82. The van der Waals surface area contributed by atoms with Crippen LogP contribution >= 0.6 is 0 Å². The molecule has 0 aliphatic carbocycles. The molecule has 3 rings (SSSR count). The molecular weight excluding hydrogens is 304 g/mol. The molecule has 24 heavy (non-hydrogen) atoms. The van der Waals surface area contributed by atoms with Gasteiger partial charge in [-0.1, -0.05) is 6.07 Å². The molecule has 5 heteroatoms. The molecule has 1 fully saturated rings. The van der Waals surface area contributed by atoms with E-state index in [1.54, 1.807) is 6.26 Å². The van der Waals surface area contributed by atoms with Crippen molar-refractivity contribution in [1.29, 1.82) is 0 Å². The van der Waals surface area contributed by atoms with E-state index in [1.807, 2.05) is 19.1 Å². The third-order valence-corrected chi connectivity index (χ3v) is 4.82. The summed E-state index contributed by atoms with van der Waals surface area (Å²) in [4.78, 5) is 6.63. The number of aromatic nitrogens is 1. The van der Waals surface area contributed by atoms with Gasteiger partial charge in [0, 0.05) is 26.6 Å². The van der Waals surface area contributed by atoms with E-state index in [0.29, 0.717) is 25.3 Å². The summed E-state index contributed by atoms with van der Waals surface area (Å²) in [6.45, 7) is 8.78. The first kappa shape index (κ1) is 17.0. The Kier molecular flexibility index (Phi) is 4.92. The summed E-state index contributed by atoms with van der Waals surface area (Å²) < 4.78 is 11.1. The van der Waals surface area contributed by atoms with Crippen molar-refractivity contribution in [2.45, 2.75) is 45.8 Å². The Morgan fingerprint density at radius 3 is 2.58 bits per heavy atom. The minimum absolute atomic E-state index is 0.340. The Bertz CT molecular complexity index is 688. The van der Waals surface area contributed by atoms with Gasteiger partial charge in [0.05, 0.1) is 5.69 Å². The van der Waals surface area contributed by atoms with E-state index in [-0.39, 0.29) is 0 Å². The predicted octanol–water partition coefficient (Wildman–Crippen LogP) is 3.01. The second-order valence-electron chi connectivity index (χ2n) is 6.89. The summed E-state index contributed by atoms with van der Waals surface area (Å²) in [7, 11) is 0. The van der Waals surface area contributed by atoms with Crippen molar-refractivity contribution in [2.24, 2.45) is 0 Å². The highest BCUT2D eigenvalue weighted by molar-refractivity contribution is 5.33. The molecule has 0 bridgehead atoms. The maximum Gasteiger partial charge on any atom is 0.191 e. The smallest absolute Gasteiger partial charge is 0.191 e. The minimum atomic E-state index is -0.755. The van der Waals surface area contributed by atoms with Crippen LogP contribution in [0.5, 0.6) is 5.75 Å². The number of piperidine rings is 1. The number of hydrogen-bond acceptors (Lipinski definition) is 5. The molecule has 0 radical (unpaired) electrons. The van der Waals surface area contributed by atoms with Crippen LogP contribution in [0.25, 0.3) is 0 Å². The lowest BCUT2D eigenvalue weighted by Gasteiger charge is -2.37. The quantitative estimate of drug-likeness (QED) is 0.913. The number of nitrogens with zero attached hydrogens (tertiary/aromatic N) is 2. The summed E-state index contributed by atoms with van der Waals surface area (Å²) in [5.41, 5.74) is 2.65. The van der Waals surface area contributed by atoms with Gasteiger partial charge in [-0.3, -0.25) is 4.90 Å². The fourth-order valence-corrected chi connectivity index (χ4v) is 3.00. The van der Waals surface area contributed by atoms with E-state index >= 15 is 0 Å². The van der Waals surface area contributed by atoms with Gasteiger partial charge in [0.25, 0.3) is 0 Å². The van der Waals surface area contributed by atoms with Gasteiger partial charge in [0.2, 0.25) is 0 Å². The van der Waals surface area contributed by atoms with Crippen LogP contribution in [0.15, 0.2) is 28.9 Å². The molecule has 1 aromatic carbocycles. The Hall–Kier alpha value is -1.85. The lowest BCUT2D eigenvalue weighted by molar-refractivity contribution is -0.0539. The molecule has 130 valence electrons. The van der Waals surface area contributed by atoms with Gasteiger partial charge in [-0.25, -0.2) is 4.98 Å². The zero-order valence-corrected chi connectivity index (χ0v) is 14.7. The fourth-order valence-electron chi connectivity index (χ4n) is 3.00. The van der Waals surface area contributed by atoms with E-state index in [9.17, 15) is 5.11 Å². The fraction of sp³-hybridized carbons (Fsp3) is 0.526. The second-order valence-corrected chi connectivity index (χ2v) is 6.89. The van der Waals surface area contributed by atoms with E-state index in [0.717, 1.165) is 31.1 Å². The first-order chi connectivity index (χ1) is 11.4. The van der Waals surface area contributed by atoms with Crippen LogP contribution in [0.2, 0.25) is 0 Å². The first-order valence-electron chi connectivity index (χ1n) is 8.49. The van der Waals surface area contributed by atoms with Crippen molar-refractivity contribution < 1.29 is 14.3 Å². The van der Waals surface area contributed by atoms with E-state index in [4.69, 9.17) is 9.15 Å². The molecule has 0 amide bonds. The van der Waals surface area contributed by atoms with Crippen LogP contribution in [-0.4, -0.2) is 40.3 Å². The van der Waals surface area contributed by atoms with Crippen LogP contribution < -0.4 is 4.74 Å². The normalized spacial score (nSPS) is 17.8. The average Bonchev–Trinajstić information content (AvgIpc) is 2.96. The summed E-state index contributed by atoms with van der Waals surface area (Å²) in [6, 6.07) is 6.05.